The fourth-order valence-electron chi connectivity index (χ4n) is 0.979. The maximum absolute atomic E-state index is 11.7. The molecule has 0 amide bonds. The minimum atomic E-state index is -3.44. The highest BCUT2D eigenvalue weighted by atomic mass is 35.5. The first kappa shape index (κ1) is 20.4. The first-order valence-electron chi connectivity index (χ1n) is 3.92. The number of aliphatic carboxylic acids is 1. The van der Waals surface area contributed by atoms with Gasteiger partial charge in [0, 0.05) is 0 Å². The molecule has 1 unspecified atom stereocenters. The van der Waals surface area contributed by atoms with Gasteiger partial charge >= 0.3 is 17.9 Å². The molecule has 0 aliphatic rings. The van der Waals surface area contributed by atoms with Gasteiger partial charge in [-0.3, -0.25) is 4.29 Å². The number of carbonyl (C=O) groups is 3. The van der Waals surface area contributed by atoms with Crippen molar-refractivity contribution in [3.63, 3.8) is 0 Å². The lowest BCUT2D eigenvalue weighted by molar-refractivity contribution is -0.166. The van der Waals surface area contributed by atoms with E-state index in [-0.39, 0.29) is 0 Å². The van der Waals surface area contributed by atoms with E-state index in [9.17, 15) is 14.4 Å². The zero-order valence-corrected chi connectivity index (χ0v) is 13.8. The number of hydrogen-bond acceptors (Lipinski definition) is 6. The van der Waals surface area contributed by atoms with E-state index in [0.29, 0.717) is 0 Å². The first-order chi connectivity index (χ1) is 8.97. The standard InChI is InChI=1S/C6HCl7O7/c7-5(8,1(14)15)4(20-13,2(16)18-11)6(9,10)3(17)19-12/h(H,14,15). The van der Waals surface area contributed by atoms with Crippen molar-refractivity contribution in [3.05, 3.63) is 0 Å². The van der Waals surface area contributed by atoms with Crippen LogP contribution in [0.4, 0.5) is 0 Å². The molecule has 0 saturated carbocycles. The summed E-state index contributed by atoms with van der Waals surface area (Å²) >= 11 is 36.4. The highest BCUT2D eigenvalue weighted by Gasteiger charge is 2.77. The summed E-state index contributed by atoms with van der Waals surface area (Å²) in [5.41, 5.74) is -3.44. The molecule has 0 aliphatic heterocycles. The van der Waals surface area contributed by atoms with Crippen molar-refractivity contribution in [2.24, 2.45) is 0 Å². The van der Waals surface area contributed by atoms with Gasteiger partial charge in [0.1, 0.15) is 23.7 Å². The SMILES string of the molecule is O=C(O)C(Cl)(Cl)C(OCl)(C(=O)OCl)C(Cl)(Cl)C(=O)OCl. The molecule has 0 bridgehead atoms. The summed E-state index contributed by atoms with van der Waals surface area (Å²) in [5.74, 6) is -5.83. The van der Waals surface area contributed by atoms with Crippen LogP contribution in [-0.4, -0.2) is 37.3 Å². The lowest BCUT2D eigenvalue weighted by atomic mass is 9.93. The van der Waals surface area contributed by atoms with Gasteiger partial charge in [-0.15, -0.1) is 0 Å². The second kappa shape index (κ2) is 7.11. The Balaban J connectivity index is 6.43. The molecule has 0 radical (unpaired) electrons. The van der Waals surface area contributed by atoms with Crippen LogP contribution in [0.2, 0.25) is 0 Å². The Morgan fingerprint density at radius 2 is 1.20 bits per heavy atom. The Labute approximate surface area is 146 Å². The minimum Gasteiger partial charge on any atom is -0.479 e. The van der Waals surface area contributed by atoms with E-state index in [1.54, 1.807) is 0 Å². The third kappa shape index (κ3) is 2.96. The van der Waals surface area contributed by atoms with Gasteiger partial charge in [-0.2, -0.15) is 0 Å². The third-order valence-electron chi connectivity index (χ3n) is 1.95. The molecule has 1 N–H and O–H groups in total. The zero-order valence-electron chi connectivity index (χ0n) is 8.54. The molecule has 0 heterocycles. The van der Waals surface area contributed by atoms with Crippen molar-refractivity contribution < 1.29 is 32.4 Å². The minimum absolute atomic E-state index is 1.79. The van der Waals surface area contributed by atoms with Gasteiger partial charge in [-0.25, -0.2) is 14.4 Å². The molecule has 0 fully saturated rings. The van der Waals surface area contributed by atoms with Crippen LogP contribution in [0, 0.1) is 0 Å². The number of carboxylic acids is 1. The maximum atomic E-state index is 11.7. The average molecular weight is 433 g/mol. The van der Waals surface area contributed by atoms with Crippen molar-refractivity contribution in [3.8, 4) is 0 Å². The predicted molar refractivity (Wildman–Crippen MR) is 70.1 cm³/mol. The summed E-state index contributed by atoms with van der Waals surface area (Å²) in [6.07, 6.45) is 0. The fraction of sp³-hybridized carbons (Fsp3) is 0.500. The lowest BCUT2D eigenvalue weighted by Crippen LogP contribution is -2.69. The van der Waals surface area contributed by atoms with E-state index in [4.69, 9.17) is 87.1 Å². The molecular weight excluding hydrogens is 432 g/mol. The number of rotatable bonds is 6. The molecule has 116 valence electrons. The number of carboxylic acid groups (broad SMARTS) is 1. The zero-order chi connectivity index (χ0) is 16.4. The van der Waals surface area contributed by atoms with Crippen LogP contribution >= 0.6 is 82.0 Å². The molecule has 0 aromatic heterocycles. The van der Waals surface area contributed by atoms with Gasteiger partial charge in [-0.05, 0) is 0 Å². The molecule has 0 saturated heterocycles. The molecular formula is C6HCl7O7. The fourth-order valence-corrected chi connectivity index (χ4v) is 3.04. The second-order valence-electron chi connectivity index (χ2n) is 2.94. The van der Waals surface area contributed by atoms with Gasteiger partial charge < -0.3 is 13.7 Å². The summed E-state index contributed by atoms with van der Waals surface area (Å²) in [6.45, 7) is 0. The average Bonchev–Trinajstić information content (AvgIpc) is 2.37. The summed E-state index contributed by atoms with van der Waals surface area (Å²) < 4.78 is 4.84. The van der Waals surface area contributed by atoms with Crippen LogP contribution in [0.5, 0.6) is 0 Å². The number of carbonyl (C=O) groups excluding carboxylic acids is 2. The number of halogens is 7. The summed E-state index contributed by atoms with van der Waals surface area (Å²) in [7, 11) is 0. The van der Waals surface area contributed by atoms with Gasteiger partial charge in [-0.1, -0.05) is 46.4 Å². The first-order valence-corrected chi connectivity index (χ1v) is 6.35. The second-order valence-corrected chi connectivity index (χ2v) is 6.06. The molecule has 20 heavy (non-hydrogen) atoms. The van der Waals surface area contributed by atoms with E-state index in [1.807, 2.05) is 0 Å². The largest absolute Gasteiger partial charge is 0.479 e. The van der Waals surface area contributed by atoms with Crippen LogP contribution in [0.15, 0.2) is 0 Å². The summed E-state index contributed by atoms with van der Waals surface area (Å²) in [6, 6.07) is 0. The molecule has 0 aromatic carbocycles. The van der Waals surface area contributed by atoms with Crippen LogP contribution in [0.25, 0.3) is 0 Å². The number of alkyl halides is 4. The van der Waals surface area contributed by atoms with E-state index in [2.05, 4.69) is 12.9 Å². The van der Waals surface area contributed by atoms with Gasteiger partial charge in [0.15, 0.2) is 0 Å². The van der Waals surface area contributed by atoms with Crippen LogP contribution in [-0.2, 0) is 27.3 Å². The highest BCUT2D eigenvalue weighted by molar-refractivity contribution is 6.66. The van der Waals surface area contributed by atoms with Crippen LogP contribution in [0.1, 0.15) is 0 Å². The van der Waals surface area contributed by atoms with Gasteiger partial charge in [0.25, 0.3) is 14.3 Å². The van der Waals surface area contributed by atoms with Gasteiger partial charge in [0.05, 0.1) is 11.9 Å². The van der Waals surface area contributed by atoms with Crippen molar-refractivity contribution >= 4 is 99.9 Å². The highest BCUT2D eigenvalue weighted by Crippen LogP contribution is 2.52. The molecule has 0 spiro atoms. The molecule has 0 aromatic rings. The number of hydrogen-bond donors (Lipinski definition) is 1. The Bertz CT molecular complexity index is 424. The molecule has 1 atom stereocenters. The third-order valence-corrected chi connectivity index (χ3v) is 4.16. The van der Waals surface area contributed by atoms with Crippen molar-refractivity contribution in [2.45, 2.75) is 14.3 Å². The Hall–Kier alpha value is 0.400. The smallest absolute Gasteiger partial charge is 0.366 e. The van der Waals surface area contributed by atoms with E-state index in [1.165, 1.54) is 0 Å². The quantitative estimate of drug-likeness (QED) is 0.643. The van der Waals surface area contributed by atoms with Crippen LogP contribution in [0.3, 0.4) is 0 Å². The Kier molecular flexibility index (Phi) is 7.25. The monoisotopic (exact) mass is 430 g/mol. The lowest BCUT2D eigenvalue weighted by Gasteiger charge is -2.39. The summed E-state index contributed by atoms with van der Waals surface area (Å²) in [4.78, 5) is 34.1. The Morgan fingerprint density at radius 3 is 1.45 bits per heavy atom. The van der Waals surface area contributed by atoms with E-state index in [0.717, 1.165) is 0 Å². The molecule has 0 rings (SSSR count). The van der Waals surface area contributed by atoms with Crippen molar-refractivity contribution in [1.29, 1.82) is 0 Å². The maximum Gasteiger partial charge on any atom is 0.366 e. The summed E-state index contributed by atoms with van der Waals surface area (Å²) in [5, 5.41) is 8.91. The molecule has 0 aliphatic carbocycles. The van der Waals surface area contributed by atoms with E-state index < -0.39 is 32.2 Å². The van der Waals surface area contributed by atoms with Crippen LogP contribution < -0.4 is 0 Å². The Morgan fingerprint density at radius 1 is 0.800 bits per heavy atom. The predicted octanol–water partition coefficient (Wildman–Crippen LogP) is 2.72. The molecule has 14 heteroatoms. The van der Waals surface area contributed by atoms with Crippen molar-refractivity contribution in [2.75, 3.05) is 0 Å². The molecule has 7 nitrogen and oxygen atoms in total. The topological polar surface area (TPSA) is 99.1 Å². The van der Waals surface area contributed by atoms with E-state index >= 15 is 0 Å². The van der Waals surface area contributed by atoms with Gasteiger partial charge in [0.2, 0.25) is 0 Å². The normalized spacial score (nSPS) is 15.2. The van der Waals surface area contributed by atoms with Crippen molar-refractivity contribution in [1.82, 2.24) is 0 Å².